The SMILES string of the molecule is Nc1nc(-c2ccc(Cl)c(Br)c2)ncc1C(=O)O. The fourth-order valence-corrected chi connectivity index (χ4v) is 1.83. The molecule has 0 aliphatic carbocycles. The molecule has 0 spiro atoms. The third-order valence-corrected chi connectivity index (χ3v) is 3.44. The molecule has 1 aromatic heterocycles. The third kappa shape index (κ3) is 2.44. The lowest BCUT2D eigenvalue weighted by molar-refractivity contribution is 0.0697. The average molecular weight is 329 g/mol. The lowest BCUT2D eigenvalue weighted by Gasteiger charge is -2.04. The van der Waals surface area contributed by atoms with Gasteiger partial charge < -0.3 is 10.8 Å². The minimum absolute atomic E-state index is 0.0708. The summed E-state index contributed by atoms with van der Waals surface area (Å²) in [5.41, 5.74) is 6.13. The van der Waals surface area contributed by atoms with Gasteiger partial charge in [0.25, 0.3) is 0 Å². The normalized spacial score (nSPS) is 10.3. The lowest BCUT2D eigenvalue weighted by atomic mass is 10.2. The van der Waals surface area contributed by atoms with Gasteiger partial charge in [-0.3, -0.25) is 0 Å². The van der Waals surface area contributed by atoms with Crippen LogP contribution in [0, 0.1) is 0 Å². The summed E-state index contributed by atoms with van der Waals surface area (Å²) in [7, 11) is 0. The number of aromatic carboxylic acids is 1. The number of halogens is 2. The molecule has 18 heavy (non-hydrogen) atoms. The highest BCUT2D eigenvalue weighted by Crippen LogP contribution is 2.27. The van der Waals surface area contributed by atoms with Crippen molar-refractivity contribution in [2.24, 2.45) is 0 Å². The Morgan fingerprint density at radius 2 is 2.17 bits per heavy atom. The summed E-state index contributed by atoms with van der Waals surface area (Å²) < 4.78 is 0.700. The number of nitrogens with two attached hydrogens (primary N) is 1. The molecule has 3 N–H and O–H groups in total. The van der Waals surface area contributed by atoms with Crippen molar-refractivity contribution in [2.75, 3.05) is 5.73 Å². The minimum Gasteiger partial charge on any atom is -0.477 e. The standard InChI is InChI=1S/C11H7BrClN3O2/c12-7-3-5(1-2-8(7)13)10-15-4-6(11(17)18)9(14)16-10/h1-4H,(H,17,18)(H2,14,15,16). The maximum absolute atomic E-state index is 10.8. The number of rotatable bonds is 2. The van der Waals surface area contributed by atoms with Gasteiger partial charge >= 0.3 is 5.97 Å². The van der Waals surface area contributed by atoms with Crippen LogP contribution < -0.4 is 5.73 Å². The first kappa shape index (κ1) is 12.8. The molecule has 0 aliphatic rings. The van der Waals surface area contributed by atoms with Gasteiger partial charge in [0.1, 0.15) is 11.4 Å². The topological polar surface area (TPSA) is 89.1 Å². The molecule has 0 atom stereocenters. The van der Waals surface area contributed by atoms with Crippen LogP contribution in [0.3, 0.4) is 0 Å². The number of hydrogen-bond donors (Lipinski definition) is 2. The molecule has 0 amide bonds. The molecule has 92 valence electrons. The molecule has 7 heteroatoms. The largest absolute Gasteiger partial charge is 0.477 e. The van der Waals surface area contributed by atoms with Crippen LogP contribution in [0.4, 0.5) is 5.82 Å². The van der Waals surface area contributed by atoms with Gasteiger partial charge in [0.15, 0.2) is 5.82 Å². The van der Waals surface area contributed by atoms with Gasteiger partial charge in [0.05, 0.1) is 5.02 Å². The predicted octanol–water partition coefficient (Wildman–Crippen LogP) is 2.84. The Bertz CT molecular complexity index is 634. The van der Waals surface area contributed by atoms with E-state index in [0.29, 0.717) is 20.9 Å². The van der Waals surface area contributed by atoms with Crippen molar-refractivity contribution in [1.29, 1.82) is 0 Å². The second-order valence-corrected chi connectivity index (χ2v) is 4.69. The van der Waals surface area contributed by atoms with E-state index in [2.05, 4.69) is 25.9 Å². The van der Waals surface area contributed by atoms with Gasteiger partial charge in [-0.25, -0.2) is 14.8 Å². The Labute approximate surface area is 116 Å². The number of carboxylic acid groups (broad SMARTS) is 1. The van der Waals surface area contributed by atoms with Crippen LogP contribution in [0.2, 0.25) is 5.02 Å². The van der Waals surface area contributed by atoms with Gasteiger partial charge in [-0.2, -0.15) is 0 Å². The van der Waals surface area contributed by atoms with E-state index < -0.39 is 5.97 Å². The molecule has 0 saturated heterocycles. The van der Waals surface area contributed by atoms with E-state index in [4.69, 9.17) is 22.4 Å². The van der Waals surface area contributed by atoms with Crippen LogP contribution in [0.15, 0.2) is 28.9 Å². The highest BCUT2D eigenvalue weighted by atomic mass is 79.9. The number of nitrogens with zero attached hydrogens (tertiary/aromatic N) is 2. The first-order valence-corrected chi connectivity index (χ1v) is 5.97. The summed E-state index contributed by atoms with van der Waals surface area (Å²) in [6.45, 7) is 0. The molecule has 1 heterocycles. The second-order valence-electron chi connectivity index (χ2n) is 3.43. The first-order chi connectivity index (χ1) is 8.49. The van der Waals surface area contributed by atoms with Crippen molar-refractivity contribution < 1.29 is 9.90 Å². The van der Waals surface area contributed by atoms with E-state index >= 15 is 0 Å². The van der Waals surface area contributed by atoms with Crippen molar-refractivity contribution in [2.45, 2.75) is 0 Å². The molecule has 2 rings (SSSR count). The van der Waals surface area contributed by atoms with E-state index in [1.54, 1.807) is 18.2 Å². The molecule has 0 fully saturated rings. The zero-order chi connectivity index (χ0) is 13.3. The second kappa shape index (κ2) is 4.91. The van der Waals surface area contributed by atoms with Gasteiger partial charge in [-0.1, -0.05) is 11.6 Å². The Kier molecular flexibility index (Phi) is 3.49. The fourth-order valence-electron chi connectivity index (χ4n) is 1.33. The van der Waals surface area contributed by atoms with Crippen LogP contribution in [0.25, 0.3) is 11.4 Å². The Hall–Kier alpha value is -1.66. The van der Waals surface area contributed by atoms with Crippen LogP contribution in [-0.4, -0.2) is 21.0 Å². The van der Waals surface area contributed by atoms with Crippen LogP contribution in [0.1, 0.15) is 10.4 Å². The van der Waals surface area contributed by atoms with Gasteiger partial charge in [-0.15, -0.1) is 0 Å². The van der Waals surface area contributed by atoms with Crippen molar-refractivity contribution in [3.63, 3.8) is 0 Å². The van der Waals surface area contributed by atoms with Gasteiger partial charge in [0.2, 0.25) is 0 Å². The van der Waals surface area contributed by atoms with Gasteiger partial charge in [0, 0.05) is 16.2 Å². The zero-order valence-electron chi connectivity index (χ0n) is 8.89. The highest BCUT2D eigenvalue weighted by molar-refractivity contribution is 9.10. The molecule has 2 aromatic rings. The van der Waals surface area contributed by atoms with Crippen molar-refractivity contribution in [1.82, 2.24) is 9.97 Å². The number of nitrogen functional groups attached to an aromatic ring is 1. The van der Waals surface area contributed by atoms with Crippen molar-refractivity contribution in [3.8, 4) is 11.4 Å². The first-order valence-electron chi connectivity index (χ1n) is 4.80. The van der Waals surface area contributed by atoms with Crippen LogP contribution in [0.5, 0.6) is 0 Å². The molecule has 5 nitrogen and oxygen atoms in total. The average Bonchev–Trinajstić information content (AvgIpc) is 2.32. The van der Waals surface area contributed by atoms with Crippen LogP contribution in [-0.2, 0) is 0 Å². The maximum Gasteiger partial charge on any atom is 0.341 e. The minimum atomic E-state index is -1.16. The van der Waals surface area contributed by atoms with Gasteiger partial charge in [-0.05, 0) is 34.1 Å². The van der Waals surface area contributed by atoms with E-state index in [0.717, 1.165) is 0 Å². The molecule has 0 aliphatic heterocycles. The number of benzene rings is 1. The number of carbonyl (C=O) groups is 1. The summed E-state index contributed by atoms with van der Waals surface area (Å²) in [6, 6.07) is 5.14. The molecular formula is C11H7BrClN3O2. The van der Waals surface area contributed by atoms with E-state index in [9.17, 15) is 4.79 Å². The molecule has 0 unspecified atom stereocenters. The molecular weight excluding hydrogens is 321 g/mol. The number of aromatic nitrogens is 2. The molecule has 0 radical (unpaired) electrons. The fraction of sp³-hybridized carbons (Fsp3) is 0. The number of hydrogen-bond acceptors (Lipinski definition) is 4. The quantitative estimate of drug-likeness (QED) is 0.885. The predicted molar refractivity (Wildman–Crippen MR) is 71.5 cm³/mol. The molecule has 0 bridgehead atoms. The Morgan fingerprint density at radius 1 is 1.44 bits per heavy atom. The Balaban J connectivity index is 2.48. The Morgan fingerprint density at radius 3 is 2.72 bits per heavy atom. The van der Waals surface area contributed by atoms with E-state index in [1.807, 2.05) is 0 Å². The summed E-state index contributed by atoms with van der Waals surface area (Å²) in [5.74, 6) is -0.884. The maximum atomic E-state index is 10.8. The summed E-state index contributed by atoms with van der Waals surface area (Å²) in [6.07, 6.45) is 1.18. The van der Waals surface area contributed by atoms with Crippen molar-refractivity contribution >= 4 is 39.3 Å². The highest BCUT2D eigenvalue weighted by Gasteiger charge is 2.12. The summed E-state index contributed by atoms with van der Waals surface area (Å²) in [5, 5.41) is 9.39. The molecule has 1 aromatic carbocycles. The van der Waals surface area contributed by atoms with Crippen LogP contribution >= 0.6 is 27.5 Å². The smallest absolute Gasteiger partial charge is 0.341 e. The number of carboxylic acids is 1. The monoisotopic (exact) mass is 327 g/mol. The van der Waals surface area contributed by atoms with E-state index in [1.165, 1.54) is 6.20 Å². The summed E-state index contributed by atoms with van der Waals surface area (Å²) in [4.78, 5) is 18.7. The zero-order valence-corrected chi connectivity index (χ0v) is 11.2. The van der Waals surface area contributed by atoms with E-state index in [-0.39, 0.29) is 11.4 Å². The lowest BCUT2D eigenvalue weighted by Crippen LogP contribution is -2.06. The third-order valence-electron chi connectivity index (χ3n) is 2.23. The number of anilines is 1. The van der Waals surface area contributed by atoms with Crippen molar-refractivity contribution in [3.05, 3.63) is 39.5 Å². The molecule has 0 saturated carbocycles. The summed E-state index contributed by atoms with van der Waals surface area (Å²) >= 11 is 9.16.